The van der Waals surface area contributed by atoms with Gasteiger partial charge < -0.3 is 25.5 Å². The molecule has 0 aromatic rings. The summed E-state index contributed by atoms with van der Waals surface area (Å²) < 4.78 is 0. The van der Waals surface area contributed by atoms with Crippen molar-refractivity contribution < 1.29 is 39.9 Å². The van der Waals surface area contributed by atoms with Crippen molar-refractivity contribution in [3.63, 3.8) is 0 Å². The van der Waals surface area contributed by atoms with Crippen LogP contribution in [-0.2, 0) is 14.4 Å². The van der Waals surface area contributed by atoms with Crippen molar-refractivity contribution >= 4 is 41.1 Å². The molecule has 0 heterocycles. The van der Waals surface area contributed by atoms with Crippen LogP contribution >= 0.6 is 23.2 Å². The lowest BCUT2D eigenvalue weighted by molar-refractivity contribution is -0.138. The van der Waals surface area contributed by atoms with Gasteiger partial charge >= 0.3 is 17.9 Å². The predicted molar refractivity (Wildman–Crippen MR) is 216 cm³/mol. The van der Waals surface area contributed by atoms with Crippen LogP contribution in [0.25, 0.3) is 0 Å². The zero-order valence-corrected chi connectivity index (χ0v) is 33.9. The molecular formula is C42H76Cl2O8. The van der Waals surface area contributed by atoms with E-state index >= 15 is 0 Å². The Bertz CT molecular complexity index is 805. The quantitative estimate of drug-likeness (QED) is 0.0236. The minimum atomic E-state index is -1.29. The molecule has 0 aliphatic carbocycles. The number of hydrogen-bond donors (Lipinski definition) is 5. The van der Waals surface area contributed by atoms with Gasteiger partial charge in [0.1, 0.15) is 0 Å². The summed E-state index contributed by atoms with van der Waals surface area (Å²) in [4.78, 5) is 29.1. The number of alkyl halides is 2. The second-order valence-electron chi connectivity index (χ2n) is 14.3. The molecule has 2 atom stereocenters. The number of carboxylic acids is 3. The Balaban J connectivity index is 0. The van der Waals surface area contributed by atoms with Gasteiger partial charge in [-0.3, -0.25) is 9.59 Å². The Morgan fingerprint density at radius 1 is 0.404 bits per heavy atom. The van der Waals surface area contributed by atoms with Gasteiger partial charge in [0.25, 0.3) is 0 Å². The summed E-state index contributed by atoms with van der Waals surface area (Å²) in [5.41, 5.74) is 0. The average Bonchev–Trinajstić information content (AvgIpc) is 3.09. The van der Waals surface area contributed by atoms with Gasteiger partial charge in [-0.15, -0.1) is 0 Å². The largest absolute Gasteiger partial charge is 0.481 e. The van der Waals surface area contributed by atoms with E-state index in [4.69, 9.17) is 38.5 Å². The molecule has 0 bridgehead atoms. The highest BCUT2D eigenvalue weighted by molar-refractivity contribution is 6.52. The second kappa shape index (κ2) is 42.1. The van der Waals surface area contributed by atoms with E-state index in [1.807, 2.05) is 0 Å². The normalized spacial score (nSPS) is 12.7. The van der Waals surface area contributed by atoms with Crippen LogP contribution in [0.2, 0.25) is 0 Å². The lowest BCUT2D eigenvalue weighted by Crippen LogP contribution is -2.04. The van der Waals surface area contributed by atoms with Gasteiger partial charge in [-0.05, 0) is 64.2 Å². The molecule has 0 saturated heterocycles. The molecule has 0 aliphatic heterocycles. The van der Waals surface area contributed by atoms with Crippen LogP contribution in [-0.4, -0.2) is 60.5 Å². The third kappa shape index (κ3) is 48.4. The van der Waals surface area contributed by atoms with Crippen LogP contribution in [0, 0.1) is 0 Å². The smallest absolute Gasteiger partial charge is 0.337 e. The topological polar surface area (TPSA) is 152 Å². The van der Waals surface area contributed by atoms with Gasteiger partial charge in [0.15, 0.2) is 0 Å². The fourth-order valence-corrected chi connectivity index (χ4v) is 6.00. The SMILES string of the molecule is O=C(O)C(Cl)Cl.O=C(O)CCCCCCC/C=C\C[C@H](O)CCCCCCCCCCCCCCCC[C@@H](O)C/C=C\CCCCCCCC(=O)O. The lowest BCUT2D eigenvalue weighted by Gasteiger charge is -2.08. The highest BCUT2D eigenvalue weighted by atomic mass is 35.5. The maximum Gasteiger partial charge on any atom is 0.337 e. The first-order valence-electron chi connectivity index (χ1n) is 20.7. The van der Waals surface area contributed by atoms with E-state index in [1.165, 1.54) is 77.0 Å². The number of carboxylic acid groups (broad SMARTS) is 3. The standard InChI is InChI=1S/C40H74O6.C2H2Cl2O2/c41-37(33-27-21-15-9-11-17-23-29-35-39(43)44)31-25-19-13-7-5-3-1-2-4-6-8-14-20-26-32-38(42)34-28-22-16-10-12-18-24-30-36-40(45)46;3-1(4)2(5)6/h21-22,27-28,37-38,41-42H,1-20,23-26,29-36H2,(H,43,44)(H,45,46);1H,(H,5,6)/b27-21-,28-22-;/t37-,38-;/m1./s1. The first kappa shape index (κ1) is 52.5. The van der Waals surface area contributed by atoms with Gasteiger partial charge in [-0.1, -0.05) is 176 Å². The number of carbonyl (C=O) groups is 3. The number of hydrogen-bond acceptors (Lipinski definition) is 5. The van der Waals surface area contributed by atoms with Crippen LogP contribution in [0.5, 0.6) is 0 Å². The molecule has 0 saturated carbocycles. The lowest BCUT2D eigenvalue weighted by atomic mass is 10.0. The van der Waals surface area contributed by atoms with Gasteiger partial charge in [0, 0.05) is 12.8 Å². The van der Waals surface area contributed by atoms with Crippen LogP contribution in [0.4, 0.5) is 0 Å². The van der Waals surface area contributed by atoms with E-state index in [2.05, 4.69) is 24.3 Å². The van der Waals surface area contributed by atoms with Crippen LogP contribution < -0.4 is 0 Å². The zero-order valence-electron chi connectivity index (χ0n) is 32.4. The van der Waals surface area contributed by atoms with Gasteiger partial charge in [-0.2, -0.15) is 0 Å². The van der Waals surface area contributed by atoms with Crippen molar-refractivity contribution in [1.29, 1.82) is 0 Å². The van der Waals surface area contributed by atoms with Crippen molar-refractivity contribution in [3.05, 3.63) is 24.3 Å². The minimum Gasteiger partial charge on any atom is -0.481 e. The third-order valence-electron chi connectivity index (χ3n) is 9.18. The second-order valence-corrected chi connectivity index (χ2v) is 15.4. The molecule has 8 nitrogen and oxygen atoms in total. The monoisotopic (exact) mass is 778 g/mol. The van der Waals surface area contributed by atoms with Gasteiger partial charge in [0.2, 0.25) is 4.84 Å². The molecule has 10 heteroatoms. The Hall–Kier alpha value is -1.61. The summed E-state index contributed by atoms with van der Waals surface area (Å²) in [5, 5.41) is 45.3. The van der Waals surface area contributed by atoms with E-state index in [0.717, 1.165) is 116 Å². The molecule has 0 rings (SSSR count). The number of halogens is 2. The van der Waals surface area contributed by atoms with Crippen molar-refractivity contribution in [2.24, 2.45) is 0 Å². The summed E-state index contributed by atoms with van der Waals surface area (Å²) >= 11 is 9.56. The number of aliphatic hydroxyl groups is 2. The Kier molecular flexibility index (Phi) is 42.5. The maximum absolute atomic E-state index is 10.5. The maximum atomic E-state index is 10.5. The minimum absolute atomic E-state index is 0.205. The molecule has 52 heavy (non-hydrogen) atoms. The molecule has 0 aromatic carbocycles. The molecular weight excluding hydrogens is 703 g/mol. The molecule has 0 amide bonds. The third-order valence-corrected chi connectivity index (χ3v) is 9.56. The Morgan fingerprint density at radius 2 is 0.654 bits per heavy atom. The Labute approximate surface area is 326 Å². The molecule has 0 fully saturated rings. The number of aliphatic carboxylic acids is 3. The van der Waals surface area contributed by atoms with E-state index in [-0.39, 0.29) is 12.2 Å². The highest BCUT2D eigenvalue weighted by Crippen LogP contribution is 2.16. The molecule has 0 aromatic heterocycles. The number of rotatable bonds is 38. The summed E-state index contributed by atoms with van der Waals surface area (Å²) in [6.45, 7) is 0. The van der Waals surface area contributed by atoms with Gasteiger partial charge in [-0.25, -0.2) is 4.79 Å². The number of allylic oxidation sites excluding steroid dienone is 2. The summed E-state index contributed by atoms with van der Waals surface area (Å²) in [7, 11) is 0. The van der Waals surface area contributed by atoms with Crippen LogP contribution in [0.3, 0.4) is 0 Å². The summed E-state index contributed by atoms with van der Waals surface area (Å²) in [6.07, 6.45) is 42.8. The van der Waals surface area contributed by atoms with E-state index in [0.29, 0.717) is 12.8 Å². The molecule has 0 aliphatic rings. The first-order chi connectivity index (χ1) is 25.1. The number of unbranched alkanes of at least 4 members (excludes halogenated alkanes) is 23. The molecule has 0 radical (unpaired) electrons. The molecule has 0 spiro atoms. The highest BCUT2D eigenvalue weighted by Gasteiger charge is 2.06. The number of aliphatic hydroxyl groups excluding tert-OH is 2. The fraction of sp³-hybridized carbons (Fsp3) is 0.833. The molecule has 306 valence electrons. The van der Waals surface area contributed by atoms with Crippen molar-refractivity contribution in [2.75, 3.05) is 0 Å². The van der Waals surface area contributed by atoms with Crippen molar-refractivity contribution in [1.82, 2.24) is 0 Å². The summed E-state index contributed by atoms with van der Waals surface area (Å²) in [5.74, 6) is -2.60. The van der Waals surface area contributed by atoms with E-state index in [9.17, 15) is 24.6 Å². The predicted octanol–water partition coefficient (Wildman–Crippen LogP) is 12.3. The molecule has 5 N–H and O–H groups in total. The summed E-state index contributed by atoms with van der Waals surface area (Å²) in [6, 6.07) is 0. The first-order valence-corrected chi connectivity index (χ1v) is 21.5. The fourth-order valence-electron chi connectivity index (χ4n) is 6.00. The Morgan fingerprint density at radius 3 is 0.923 bits per heavy atom. The van der Waals surface area contributed by atoms with Crippen molar-refractivity contribution in [3.8, 4) is 0 Å². The van der Waals surface area contributed by atoms with Crippen LogP contribution in [0.15, 0.2) is 24.3 Å². The average molecular weight is 780 g/mol. The van der Waals surface area contributed by atoms with E-state index in [1.54, 1.807) is 0 Å². The zero-order chi connectivity index (χ0) is 38.9. The van der Waals surface area contributed by atoms with E-state index < -0.39 is 22.7 Å². The van der Waals surface area contributed by atoms with Gasteiger partial charge in [0.05, 0.1) is 12.2 Å². The van der Waals surface area contributed by atoms with Crippen LogP contribution in [0.1, 0.15) is 205 Å². The molecule has 0 unspecified atom stereocenters. The van der Waals surface area contributed by atoms with Crippen molar-refractivity contribution in [2.45, 2.75) is 223 Å².